The molecule has 3 aromatic rings. The number of nitrogens with zero attached hydrogens (tertiary/aromatic N) is 2. The molecule has 0 N–H and O–H groups in total. The van der Waals surface area contributed by atoms with Crippen LogP contribution in [-0.2, 0) is 17.8 Å². The van der Waals surface area contributed by atoms with Crippen LogP contribution in [0.25, 0.3) is 0 Å². The Balaban J connectivity index is 1.74. The van der Waals surface area contributed by atoms with Crippen LogP contribution in [0.2, 0.25) is 0 Å². The minimum absolute atomic E-state index is 0.0000617. The molecule has 0 radical (unpaired) electrons. The molecule has 0 aliphatic carbocycles. The van der Waals surface area contributed by atoms with Crippen LogP contribution in [-0.4, -0.2) is 55.5 Å². The number of hydrogen-bond donors (Lipinski definition) is 0. The summed E-state index contributed by atoms with van der Waals surface area (Å²) in [7, 11) is 3.21. The number of hydrogen-bond acceptors (Lipinski definition) is 6. The van der Waals surface area contributed by atoms with Gasteiger partial charge in [0.15, 0.2) is 11.5 Å². The Labute approximate surface area is 202 Å². The third kappa shape index (κ3) is 6.69. The third-order valence-corrected chi connectivity index (χ3v) is 6.81. The summed E-state index contributed by atoms with van der Waals surface area (Å²) in [5.41, 5.74) is 1.04. The summed E-state index contributed by atoms with van der Waals surface area (Å²) in [5.74, 6) is 1.06. The highest BCUT2D eigenvalue weighted by molar-refractivity contribution is 7.12. The van der Waals surface area contributed by atoms with Crippen LogP contribution in [0.3, 0.4) is 0 Å². The Morgan fingerprint density at radius 3 is 2.39 bits per heavy atom. The lowest BCUT2D eigenvalue weighted by molar-refractivity contribution is -0.132. The van der Waals surface area contributed by atoms with Crippen LogP contribution in [0.1, 0.15) is 20.1 Å². The van der Waals surface area contributed by atoms with Gasteiger partial charge in [-0.05, 0) is 47.0 Å². The van der Waals surface area contributed by atoms with Gasteiger partial charge in [0.25, 0.3) is 5.91 Å². The third-order valence-electron chi connectivity index (χ3n) is 5.09. The van der Waals surface area contributed by atoms with Crippen molar-refractivity contribution in [3.8, 4) is 11.5 Å². The van der Waals surface area contributed by atoms with E-state index in [4.69, 9.17) is 9.47 Å². The number of benzene rings is 1. The molecule has 3 rings (SSSR count). The zero-order valence-electron chi connectivity index (χ0n) is 18.9. The van der Waals surface area contributed by atoms with Crippen LogP contribution in [0.4, 0.5) is 0 Å². The van der Waals surface area contributed by atoms with Gasteiger partial charge < -0.3 is 19.3 Å². The van der Waals surface area contributed by atoms with Crippen molar-refractivity contribution in [2.24, 2.45) is 0 Å². The molecule has 0 unspecified atom stereocenters. The number of thiophene rings is 2. The summed E-state index contributed by atoms with van der Waals surface area (Å²) in [4.78, 5) is 31.3. The number of carbonyl (C=O) groups excluding carboxylic acids is 2. The van der Waals surface area contributed by atoms with E-state index < -0.39 is 0 Å². The molecule has 2 heterocycles. The highest BCUT2D eigenvalue weighted by Crippen LogP contribution is 2.28. The van der Waals surface area contributed by atoms with Crippen molar-refractivity contribution in [2.45, 2.75) is 13.0 Å². The monoisotopic (exact) mass is 484 g/mol. The first kappa shape index (κ1) is 24.5. The van der Waals surface area contributed by atoms with Gasteiger partial charge in [-0.2, -0.15) is 0 Å². The molecule has 174 valence electrons. The van der Waals surface area contributed by atoms with Gasteiger partial charge in [-0.1, -0.05) is 24.3 Å². The largest absolute Gasteiger partial charge is 0.493 e. The van der Waals surface area contributed by atoms with Gasteiger partial charge >= 0.3 is 0 Å². The number of amides is 2. The van der Waals surface area contributed by atoms with E-state index in [1.165, 1.54) is 11.3 Å². The summed E-state index contributed by atoms with van der Waals surface area (Å²) in [6.45, 7) is 5.07. The van der Waals surface area contributed by atoms with Crippen LogP contribution >= 0.6 is 22.7 Å². The normalized spacial score (nSPS) is 10.5. The molecule has 0 aliphatic rings. The fourth-order valence-corrected chi connectivity index (χ4v) is 4.79. The molecular formula is C25H28N2O4S2. The molecule has 2 amide bonds. The number of carbonyl (C=O) groups is 2. The highest BCUT2D eigenvalue weighted by atomic mass is 32.1. The molecule has 0 spiro atoms. The van der Waals surface area contributed by atoms with E-state index in [1.54, 1.807) is 47.5 Å². The first-order valence-corrected chi connectivity index (χ1v) is 12.3. The standard InChI is InChI=1S/C25H28N2O4S2/c1-4-12-27(25(29)23-8-6-15-33-23)18-24(28)26(17-20-7-5-14-32-20)13-11-19-9-10-21(30-2)22(16-19)31-3/h4-10,14-16H,1,11-13,17-18H2,2-3H3. The Morgan fingerprint density at radius 2 is 1.76 bits per heavy atom. The van der Waals surface area contributed by atoms with E-state index in [9.17, 15) is 9.59 Å². The van der Waals surface area contributed by atoms with Gasteiger partial charge in [0.05, 0.1) is 25.6 Å². The predicted molar refractivity (Wildman–Crippen MR) is 133 cm³/mol. The Kier molecular flexibility index (Phi) is 9.09. The van der Waals surface area contributed by atoms with Crippen molar-refractivity contribution in [1.29, 1.82) is 0 Å². The lowest BCUT2D eigenvalue weighted by atomic mass is 10.1. The minimum Gasteiger partial charge on any atom is -0.493 e. The molecular weight excluding hydrogens is 456 g/mol. The summed E-state index contributed by atoms with van der Waals surface area (Å²) in [6, 6.07) is 13.4. The van der Waals surface area contributed by atoms with E-state index in [1.807, 2.05) is 47.2 Å². The fourth-order valence-electron chi connectivity index (χ4n) is 3.38. The molecule has 33 heavy (non-hydrogen) atoms. The van der Waals surface area contributed by atoms with E-state index in [-0.39, 0.29) is 18.4 Å². The summed E-state index contributed by atoms with van der Waals surface area (Å²) >= 11 is 2.98. The van der Waals surface area contributed by atoms with Crippen molar-refractivity contribution in [3.05, 3.63) is 81.2 Å². The molecule has 0 fully saturated rings. The molecule has 0 bridgehead atoms. The summed E-state index contributed by atoms with van der Waals surface area (Å²) in [5, 5.41) is 3.85. The smallest absolute Gasteiger partial charge is 0.264 e. The maximum atomic E-state index is 13.3. The second-order valence-corrected chi connectivity index (χ2v) is 9.27. The Morgan fingerprint density at radius 1 is 1.00 bits per heavy atom. The molecule has 0 atom stereocenters. The van der Waals surface area contributed by atoms with Crippen LogP contribution < -0.4 is 9.47 Å². The fraction of sp³-hybridized carbons (Fsp3) is 0.280. The minimum atomic E-state index is -0.158. The van der Waals surface area contributed by atoms with Gasteiger partial charge in [0.2, 0.25) is 5.91 Å². The molecule has 8 heteroatoms. The average Bonchev–Trinajstić information content (AvgIpc) is 3.55. The van der Waals surface area contributed by atoms with Crippen molar-refractivity contribution in [2.75, 3.05) is 33.9 Å². The van der Waals surface area contributed by atoms with Crippen LogP contribution in [0.15, 0.2) is 65.9 Å². The first-order chi connectivity index (χ1) is 16.0. The van der Waals surface area contributed by atoms with Gasteiger partial charge in [0, 0.05) is 18.0 Å². The number of rotatable bonds is 12. The molecule has 0 saturated carbocycles. The van der Waals surface area contributed by atoms with Crippen molar-refractivity contribution < 1.29 is 19.1 Å². The molecule has 6 nitrogen and oxygen atoms in total. The molecule has 2 aromatic heterocycles. The maximum absolute atomic E-state index is 13.3. The van der Waals surface area contributed by atoms with Crippen molar-refractivity contribution in [1.82, 2.24) is 9.80 Å². The average molecular weight is 485 g/mol. The lowest BCUT2D eigenvalue weighted by Gasteiger charge is -2.27. The zero-order chi connectivity index (χ0) is 23.6. The number of ether oxygens (including phenoxy) is 2. The zero-order valence-corrected chi connectivity index (χ0v) is 20.5. The quantitative estimate of drug-likeness (QED) is 0.349. The van der Waals surface area contributed by atoms with Gasteiger partial charge in [-0.3, -0.25) is 9.59 Å². The van der Waals surface area contributed by atoms with Crippen molar-refractivity contribution >= 4 is 34.5 Å². The van der Waals surface area contributed by atoms with Gasteiger partial charge in [-0.15, -0.1) is 29.3 Å². The Hall–Kier alpha value is -3.10. The second-order valence-electron chi connectivity index (χ2n) is 7.29. The maximum Gasteiger partial charge on any atom is 0.264 e. The van der Waals surface area contributed by atoms with Crippen LogP contribution in [0, 0.1) is 0 Å². The molecule has 0 aliphatic heterocycles. The summed E-state index contributed by atoms with van der Waals surface area (Å²) < 4.78 is 10.7. The first-order valence-electron chi connectivity index (χ1n) is 10.5. The van der Waals surface area contributed by atoms with E-state index in [0.29, 0.717) is 42.4 Å². The van der Waals surface area contributed by atoms with E-state index in [0.717, 1.165) is 10.4 Å². The van der Waals surface area contributed by atoms with Gasteiger partial charge in [-0.25, -0.2) is 0 Å². The van der Waals surface area contributed by atoms with Crippen molar-refractivity contribution in [3.63, 3.8) is 0 Å². The highest BCUT2D eigenvalue weighted by Gasteiger charge is 2.22. The lowest BCUT2D eigenvalue weighted by Crippen LogP contribution is -2.43. The second kappa shape index (κ2) is 12.2. The Bertz CT molecular complexity index is 1050. The predicted octanol–water partition coefficient (Wildman–Crippen LogP) is 4.73. The summed E-state index contributed by atoms with van der Waals surface area (Å²) in [6.07, 6.45) is 2.30. The molecule has 0 saturated heterocycles. The van der Waals surface area contributed by atoms with E-state index in [2.05, 4.69) is 6.58 Å². The topological polar surface area (TPSA) is 59.1 Å². The number of methoxy groups -OCH3 is 2. The SMILES string of the molecule is C=CCN(CC(=O)N(CCc1ccc(OC)c(OC)c1)Cc1cccs1)C(=O)c1cccs1. The van der Waals surface area contributed by atoms with Crippen LogP contribution in [0.5, 0.6) is 11.5 Å². The molecule has 1 aromatic carbocycles. The van der Waals surface area contributed by atoms with E-state index >= 15 is 0 Å². The van der Waals surface area contributed by atoms with Gasteiger partial charge in [0.1, 0.15) is 6.54 Å².